The normalized spacial score (nSPS) is 14.5. The van der Waals surface area contributed by atoms with E-state index in [1.165, 1.54) is 0 Å². The molecule has 3 rings (SSSR count). The van der Waals surface area contributed by atoms with E-state index in [-0.39, 0.29) is 107 Å². The second kappa shape index (κ2) is 42.4. The SMILES string of the molecule is CC[C@H](C)[C@H](NC(=O)[C@H](CCCN=C(N)N)NC(=O)[C@H](CCCN=C(N)N)NC(=O)[C@H](Cc1ccccc1)NC(=O)[C@H](CC(C)C)NC(=O)[C@H](CCCN=C(N)N)NC(=O)[C@H](Cc1c[nH]c2ccccc12)NC(=O)CNC(=O)[C@H](CO)NC(=O)[C@@H](N)C(C)C)C(=O)N[C@@H](CO)C(=O)O. The van der Waals surface area contributed by atoms with Crippen molar-refractivity contribution in [3.8, 4) is 0 Å². The van der Waals surface area contributed by atoms with E-state index in [0.717, 1.165) is 0 Å². The Morgan fingerprint density at radius 2 is 0.918 bits per heavy atom. The van der Waals surface area contributed by atoms with Crippen LogP contribution < -0.4 is 93.3 Å². The van der Waals surface area contributed by atoms with Crippen molar-refractivity contribution < 1.29 is 68.1 Å². The van der Waals surface area contributed by atoms with Gasteiger partial charge in [-0.15, -0.1) is 0 Å². The predicted molar refractivity (Wildman–Crippen MR) is 366 cm³/mol. The first-order valence-electron chi connectivity index (χ1n) is 32.3. The van der Waals surface area contributed by atoms with E-state index in [0.29, 0.717) is 28.5 Å². The Labute approximate surface area is 568 Å². The number of carbonyl (C=O) groups excluding carboxylic acids is 10. The molecule has 11 atom stereocenters. The standard InChI is InChI=1S/C63H101N21O14/c1-7-35(6)50(59(96)83-47(32-86)60(97)98)84-54(91)42(22-15-25-73-63(69)70)77-52(89)40(20-13-23-71-61(65)66)78-56(93)44(27-36-16-9-8-10-17-36)81-55(92)43(26-33(2)3)80-53(90)41(21-14-24-72-62(67)68)79-57(94)45(28-37-29-74-39-19-12-11-18-38(37)39)76-48(87)30-75-51(88)46(31-85)82-58(95)49(64)34(4)5/h8-12,16-19,29,33-35,40-47,49-50,74,85-86H,7,13-15,20-28,30-32,64H2,1-6H3,(H,75,88)(H,76,87)(H,77,89)(H,78,93)(H,79,94)(H,80,90)(H,81,92)(H,82,95)(H,83,96)(H,84,91)(H,97,98)(H4,65,66,71)(H4,67,68,72)(H4,69,70,73)/t35-,40-,41-,42-,43-,44-,45-,46-,47-,49-,50-/m0/s1. The van der Waals surface area contributed by atoms with E-state index in [1.54, 1.807) is 102 Å². The number of carboxylic acids is 1. The fourth-order valence-corrected chi connectivity index (χ4v) is 9.87. The molecule has 0 unspecified atom stereocenters. The van der Waals surface area contributed by atoms with Gasteiger partial charge in [0.25, 0.3) is 0 Å². The molecule has 1 aromatic heterocycles. The van der Waals surface area contributed by atoms with Crippen LogP contribution in [0.15, 0.2) is 75.8 Å². The zero-order valence-corrected chi connectivity index (χ0v) is 56.3. The van der Waals surface area contributed by atoms with Crippen LogP contribution in [0, 0.1) is 17.8 Å². The monoisotopic (exact) mass is 1380 g/mol. The molecule has 28 N–H and O–H groups in total. The molecule has 35 heteroatoms. The number of carbonyl (C=O) groups is 11. The van der Waals surface area contributed by atoms with Gasteiger partial charge in [0, 0.05) is 49.6 Å². The molecule has 0 saturated heterocycles. The van der Waals surface area contributed by atoms with E-state index >= 15 is 0 Å². The third-order valence-corrected chi connectivity index (χ3v) is 15.6. The number of rotatable bonds is 44. The Morgan fingerprint density at radius 3 is 1.39 bits per heavy atom. The predicted octanol–water partition coefficient (Wildman–Crippen LogP) is -5.26. The molecule has 0 radical (unpaired) electrons. The van der Waals surface area contributed by atoms with Gasteiger partial charge in [0.05, 0.1) is 25.8 Å². The van der Waals surface area contributed by atoms with Gasteiger partial charge in [0.15, 0.2) is 17.9 Å². The number of hydrogen-bond donors (Lipinski definition) is 21. The number of aliphatic hydroxyl groups excluding tert-OH is 2. The topological polar surface area (TPSA) is 604 Å². The van der Waals surface area contributed by atoms with Crippen LogP contribution in [0.2, 0.25) is 0 Å². The molecule has 35 nitrogen and oxygen atoms in total. The maximum absolute atomic E-state index is 14.9. The lowest BCUT2D eigenvalue weighted by molar-refractivity contribution is -0.143. The highest BCUT2D eigenvalue weighted by atomic mass is 16.4. The number of H-pyrrole nitrogens is 1. The zero-order chi connectivity index (χ0) is 73.2. The average Bonchev–Trinajstić information content (AvgIpc) is 1.63. The number of aliphatic hydroxyl groups is 2. The molecule has 0 bridgehead atoms. The van der Waals surface area contributed by atoms with Gasteiger partial charge in [-0.3, -0.25) is 62.9 Å². The van der Waals surface area contributed by atoms with Crippen LogP contribution >= 0.6 is 0 Å². The highest BCUT2D eigenvalue weighted by Gasteiger charge is 2.37. The highest BCUT2D eigenvalue weighted by molar-refractivity contribution is 5.99. The van der Waals surface area contributed by atoms with Crippen molar-refractivity contribution in [2.75, 3.05) is 39.4 Å². The first kappa shape index (κ1) is 82.1. The number of aromatic amines is 1. The number of para-hydroxylation sites is 1. The van der Waals surface area contributed by atoms with Crippen molar-refractivity contribution in [2.24, 2.45) is 72.9 Å². The van der Waals surface area contributed by atoms with Crippen LogP contribution in [-0.4, -0.2) is 203 Å². The van der Waals surface area contributed by atoms with Gasteiger partial charge in [-0.2, -0.15) is 0 Å². The molecule has 542 valence electrons. The number of guanidine groups is 3. The van der Waals surface area contributed by atoms with Crippen LogP contribution in [0.25, 0.3) is 10.9 Å². The van der Waals surface area contributed by atoms with Crippen molar-refractivity contribution in [3.63, 3.8) is 0 Å². The summed E-state index contributed by atoms with van der Waals surface area (Å²) in [6, 6.07) is 1.30. The number of hydrogen-bond acceptors (Lipinski definition) is 17. The van der Waals surface area contributed by atoms with Crippen molar-refractivity contribution in [2.45, 2.75) is 166 Å². The van der Waals surface area contributed by atoms with Gasteiger partial charge in [-0.25, -0.2) is 4.79 Å². The molecular formula is C63H101N21O14. The molecule has 0 aliphatic rings. The van der Waals surface area contributed by atoms with Crippen LogP contribution in [0.5, 0.6) is 0 Å². The Morgan fingerprint density at radius 1 is 0.490 bits per heavy atom. The lowest BCUT2D eigenvalue weighted by atomic mass is 9.97. The smallest absolute Gasteiger partial charge is 0.328 e. The largest absolute Gasteiger partial charge is 0.480 e. The van der Waals surface area contributed by atoms with Gasteiger partial charge in [0.1, 0.15) is 54.4 Å². The first-order valence-corrected chi connectivity index (χ1v) is 32.3. The van der Waals surface area contributed by atoms with Crippen LogP contribution in [0.1, 0.15) is 104 Å². The third-order valence-electron chi connectivity index (χ3n) is 15.6. The second-order valence-corrected chi connectivity index (χ2v) is 24.3. The van der Waals surface area contributed by atoms with Gasteiger partial charge in [-0.05, 0) is 79.9 Å². The number of benzene rings is 2. The second-order valence-electron chi connectivity index (χ2n) is 24.3. The number of amides is 10. The molecule has 3 aromatic rings. The fraction of sp³-hybridized carbons (Fsp3) is 0.556. The molecule has 0 spiro atoms. The number of aliphatic imine (C=N–C) groups is 3. The molecule has 1 heterocycles. The molecule has 98 heavy (non-hydrogen) atoms. The van der Waals surface area contributed by atoms with E-state index in [4.69, 9.17) is 40.1 Å². The van der Waals surface area contributed by atoms with Crippen molar-refractivity contribution in [1.82, 2.24) is 58.2 Å². The molecule has 0 fully saturated rings. The number of aromatic nitrogens is 1. The van der Waals surface area contributed by atoms with E-state index < -0.39 is 151 Å². The molecule has 0 aliphatic carbocycles. The van der Waals surface area contributed by atoms with Crippen LogP contribution in [0.4, 0.5) is 0 Å². The van der Waals surface area contributed by atoms with Gasteiger partial charge in [-0.1, -0.05) is 96.5 Å². The molecule has 0 aliphatic heterocycles. The number of nitrogens with zero attached hydrogens (tertiary/aromatic N) is 3. The summed E-state index contributed by atoms with van der Waals surface area (Å²) in [4.78, 5) is 168. The van der Waals surface area contributed by atoms with E-state index in [1.807, 2.05) is 0 Å². The number of nitrogens with two attached hydrogens (primary N) is 7. The number of nitrogens with one attached hydrogen (secondary N) is 11. The molecule has 2 aromatic carbocycles. The maximum atomic E-state index is 14.9. The number of fused-ring (bicyclic) bond motifs is 1. The summed E-state index contributed by atoms with van der Waals surface area (Å²) in [7, 11) is 0. The van der Waals surface area contributed by atoms with Crippen molar-refractivity contribution >= 4 is 93.8 Å². The summed E-state index contributed by atoms with van der Waals surface area (Å²) in [5.74, 6) is -12.4. The van der Waals surface area contributed by atoms with Crippen molar-refractivity contribution in [3.05, 3.63) is 71.9 Å². The minimum atomic E-state index is -1.71. The Hall–Kier alpha value is -10.2. The zero-order valence-electron chi connectivity index (χ0n) is 56.3. The average molecular weight is 1380 g/mol. The van der Waals surface area contributed by atoms with E-state index in [2.05, 4.69) is 73.1 Å². The highest BCUT2D eigenvalue weighted by Crippen LogP contribution is 2.20. The quantitative estimate of drug-likeness (QED) is 0.0143. The summed E-state index contributed by atoms with van der Waals surface area (Å²) in [5.41, 5.74) is 41.3. The van der Waals surface area contributed by atoms with Gasteiger partial charge in [0.2, 0.25) is 59.1 Å². The molecular weight excluding hydrogens is 1270 g/mol. The van der Waals surface area contributed by atoms with Gasteiger partial charge < -0.3 is 114 Å². The fourth-order valence-electron chi connectivity index (χ4n) is 9.87. The Bertz CT molecular complexity index is 3220. The van der Waals surface area contributed by atoms with Crippen molar-refractivity contribution in [1.29, 1.82) is 0 Å². The van der Waals surface area contributed by atoms with Crippen LogP contribution in [-0.2, 0) is 65.6 Å². The third kappa shape index (κ3) is 29.0. The summed E-state index contributed by atoms with van der Waals surface area (Å²) < 4.78 is 0. The summed E-state index contributed by atoms with van der Waals surface area (Å²) >= 11 is 0. The lowest BCUT2D eigenvalue weighted by Gasteiger charge is -2.29. The minimum Gasteiger partial charge on any atom is -0.480 e. The van der Waals surface area contributed by atoms with Crippen LogP contribution in [0.3, 0.4) is 0 Å². The van der Waals surface area contributed by atoms with Gasteiger partial charge >= 0.3 is 5.97 Å². The lowest BCUT2D eigenvalue weighted by Crippen LogP contribution is -2.61. The maximum Gasteiger partial charge on any atom is 0.328 e. The molecule has 0 saturated carbocycles. The Kier molecular flexibility index (Phi) is 35.5. The number of aliphatic carboxylic acids is 1. The summed E-state index contributed by atoms with van der Waals surface area (Å²) in [5, 5.41) is 55.6. The van der Waals surface area contributed by atoms with E-state index in [9.17, 15) is 68.1 Å². The minimum absolute atomic E-state index is 0.00827. The summed E-state index contributed by atoms with van der Waals surface area (Å²) in [6.07, 6.45) is 1.37. The Balaban J connectivity index is 2.06. The first-order chi connectivity index (χ1) is 46.4. The summed E-state index contributed by atoms with van der Waals surface area (Å²) in [6.45, 7) is 7.67. The number of carboxylic acid groups (broad SMARTS) is 1. The molecule has 10 amide bonds.